The molecule has 0 aliphatic carbocycles. The number of fused-ring (bicyclic) bond motifs is 1. The summed E-state index contributed by atoms with van der Waals surface area (Å²) in [5.41, 5.74) is 0.774. The van der Waals surface area contributed by atoms with E-state index in [1.165, 1.54) is 18.9 Å². The molecule has 9 heteroatoms. The number of phenols is 1. The maximum atomic E-state index is 13.0. The molecular weight excluding hydrogens is 394 g/mol. The number of methoxy groups -OCH3 is 1. The van der Waals surface area contributed by atoms with Crippen molar-refractivity contribution in [3.8, 4) is 11.5 Å². The molecule has 2 aliphatic heterocycles. The Bertz CT molecular complexity index is 996. The molecule has 1 amide bonds. The minimum absolute atomic E-state index is 0.0219. The normalized spacial score (nSPS) is 23.8. The number of H-pyrrole nitrogens is 1. The van der Waals surface area contributed by atoms with Crippen LogP contribution in [0.3, 0.4) is 0 Å². The summed E-state index contributed by atoms with van der Waals surface area (Å²) in [4.78, 5) is 25.4. The Labute approximate surface area is 172 Å². The van der Waals surface area contributed by atoms with Crippen LogP contribution < -0.4 is 15.6 Å². The van der Waals surface area contributed by atoms with Crippen LogP contribution in [0.2, 0.25) is 0 Å². The summed E-state index contributed by atoms with van der Waals surface area (Å²) in [5, 5.41) is 15.4. The number of hydrogen-bond acceptors (Lipinski definition) is 6. The molecule has 2 unspecified atom stereocenters. The topological polar surface area (TPSA) is 106 Å². The van der Waals surface area contributed by atoms with Gasteiger partial charge in [0.2, 0.25) is 5.91 Å². The Hall–Kier alpha value is -2.39. The minimum atomic E-state index is -0.365. The first kappa shape index (κ1) is 19.9. The van der Waals surface area contributed by atoms with Crippen LogP contribution in [-0.2, 0) is 9.53 Å². The molecule has 0 spiro atoms. The number of hydrogen-bond donors (Lipinski definition) is 3. The number of amides is 1. The van der Waals surface area contributed by atoms with Crippen LogP contribution in [0, 0.1) is 0 Å². The zero-order valence-electron chi connectivity index (χ0n) is 16.7. The molecule has 1 aromatic heterocycles. The van der Waals surface area contributed by atoms with Crippen molar-refractivity contribution in [3.05, 3.63) is 39.7 Å². The number of carbonyl (C=O) groups is 1. The molecule has 2 aromatic rings. The smallest absolute Gasteiger partial charge is 0.270 e. The third kappa shape index (κ3) is 3.76. The third-order valence-electron chi connectivity index (χ3n) is 5.41. The second kappa shape index (κ2) is 7.46. The second-order valence-electron chi connectivity index (χ2n) is 8.00. The quantitative estimate of drug-likeness (QED) is 0.707. The lowest BCUT2D eigenvalue weighted by molar-refractivity contribution is -0.113. The lowest BCUT2D eigenvalue weighted by Crippen LogP contribution is -2.36. The van der Waals surface area contributed by atoms with Crippen molar-refractivity contribution in [1.82, 2.24) is 9.78 Å². The van der Waals surface area contributed by atoms with Gasteiger partial charge in [0.1, 0.15) is 5.82 Å². The molecule has 8 nitrogen and oxygen atoms in total. The predicted octanol–water partition coefficient (Wildman–Crippen LogP) is 2.80. The maximum absolute atomic E-state index is 13.0. The fraction of sp³-hybridized carbons (Fsp3) is 0.500. The number of rotatable bonds is 3. The summed E-state index contributed by atoms with van der Waals surface area (Å²) >= 11 is 1.38. The average molecular weight is 420 g/mol. The van der Waals surface area contributed by atoms with Gasteiger partial charge in [-0.2, -0.15) is 0 Å². The SMILES string of the molecule is COc1cc(C2SCC(=O)Nc3c2c(=O)[nH]n3C2CCOC(C)(C)C2)ccc1O. The highest BCUT2D eigenvalue weighted by Gasteiger charge is 2.36. The van der Waals surface area contributed by atoms with Gasteiger partial charge in [0.15, 0.2) is 11.5 Å². The van der Waals surface area contributed by atoms with E-state index in [0.29, 0.717) is 23.7 Å². The van der Waals surface area contributed by atoms with Crippen molar-refractivity contribution in [2.24, 2.45) is 0 Å². The number of thioether (sulfide) groups is 1. The fourth-order valence-corrected chi connectivity index (χ4v) is 5.17. The number of nitrogens with one attached hydrogen (secondary N) is 2. The third-order valence-corrected chi connectivity index (χ3v) is 6.68. The molecule has 0 saturated carbocycles. The number of carbonyl (C=O) groups excluding carboxylic acids is 1. The van der Waals surface area contributed by atoms with Crippen molar-refractivity contribution in [2.75, 3.05) is 24.8 Å². The van der Waals surface area contributed by atoms with Gasteiger partial charge in [0.25, 0.3) is 5.56 Å². The number of benzene rings is 1. The minimum Gasteiger partial charge on any atom is -0.504 e. The van der Waals surface area contributed by atoms with Gasteiger partial charge in [0.05, 0.1) is 35.3 Å². The Morgan fingerprint density at radius 3 is 2.86 bits per heavy atom. The molecule has 0 bridgehead atoms. The van der Waals surface area contributed by atoms with Gasteiger partial charge >= 0.3 is 0 Å². The molecule has 2 aliphatic rings. The van der Waals surface area contributed by atoms with Crippen LogP contribution in [-0.4, -0.2) is 45.9 Å². The Morgan fingerprint density at radius 1 is 1.34 bits per heavy atom. The molecule has 29 heavy (non-hydrogen) atoms. The van der Waals surface area contributed by atoms with Gasteiger partial charge in [-0.05, 0) is 44.4 Å². The van der Waals surface area contributed by atoms with Crippen molar-refractivity contribution in [2.45, 2.75) is 43.6 Å². The molecule has 2 atom stereocenters. The van der Waals surface area contributed by atoms with Crippen molar-refractivity contribution in [3.63, 3.8) is 0 Å². The fourth-order valence-electron chi connectivity index (χ4n) is 4.06. The zero-order valence-corrected chi connectivity index (χ0v) is 17.5. The van der Waals surface area contributed by atoms with Crippen LogP contribution in [0.25, 0.3) is 0 Å². The standard InChI is InChI=1S/C20H25N3O5S/c1-20(2)9-12(6-7-28-20)23-18-16(19(26)22-23)17(29-10-15(25)21-18)11-4-5-13(24)14(8-11)27-3/h4-5,8,12,17,24H,6-7,9-10H2,1-3H3,(H,21,25)(H,22,26). The Kier molecular flexibility index (Phi) is 5.12. The molecule has 1 fully saturated rings. The first-order valence-electron chi connectivity index (χ1n) is 9.56. The number of aromatic amines is 1. The highest BCUT2D eigenvalue weighted by molar-refractivity contribution is 8.00. The summed E-state index contributed by atoms with van der Waals surface area (Å²) in [6, 6.07) is 5.03. The number of aromatic hydroxyl groups is 1. The first-order chi connectivity index (χ1) is 13.8. The summed E-state index contributed by atoms with van der Waals surface area (Å²) in [7, 11) is 1.48. The molecule has 3 N–H and O–H groups in total. The number of phenolic OH excluding ortho intramolecular Hbond substituents is 1. The van der Waals surface area contributed by atoms with Crippen molar-refractivity contribution < 1.29 is 19.4 Å². The van der Waals surface area contributed by atoms with Gasteiger partial charge in [0, 0.05) is 6.61 Å². The Balaban J connectivity index is 1.81. The van der Waals surface area contributed by atoms with Crippen LogP contribution in [0.15, 0.2) is 23.0 Å². The molecule has 1 saturated heterocycles. The molecule has 0 radical (unpaired) electrons. The summed E-state index contributed by atoms with van der Waals surface area (Å²) < 4.78 is 12.8. The van der Waals surface area contributed by atoms with Gasteiger partial charge < -0.3 is 19.9 Å². The average Bonchev–Trinajstić information content (AvgIpc) is 2.87. The lowest BCUT2D eigenvalue weighted by Gasteiger charge is -2.36. The van der Waals surface area contributed by atoms with E-state index in [-0.39, 0.29) is 39.9 Å². The van der Waals surface area contributed by atoms with E-state index in [1.807, 2.05) is 13.8 Å². The van der Waals surface area contributed by atoms with E-state index < -0.39 is 0 Å². The van der Waals surface area contributed by atoms with Gasteiger partial charge in [-0.3, -0.25) is 19.4 Å². The first-order valence-corrected chi connectivity index (χ1v) is 10.6. The van der Waals surface area contributed by atoms with Gasteiger partial charge in [-0.25, -0.2) is 0 Å². The predicted molar refractivity (Wildman–Crippen MR) is 111 cm³/mol. The Morgan fingerprint density at radius 2 is 2.14 bits per heavy atom. The summed E-state index contributed by atoms with van der Waals surface area (Å²) in [6.07, 6.45) is 1.48. The molecule has 1 aromatic carbocycles. The van der Waals surface area contributed by atoms with E-state index in [9.17, 15) is 14.7 Å². The lowest BCUT2D eigenvalue weighted by atomic mass is 9.94. The molecular formula is C20H25N3O5S. The monoisotopic (exact) mass is 419 g/mol. The summed E-state index contributed by atoms with van der Waals surface area (Å²) in [5.74, 6) is 0.949. The van der Waals surface area contributed by atoms with Crippen molar-refractivity contribution >= 4 is 23.5 Å². The van der Waals surface area contributed by atoms with E-state index in [1.54, 1.807) is 22.9 Å². The van der Waals surface area contributed by atoms with Crippen LogP contribution in [0.5, 0.6) is 11.5 Å². The number of nitrogens with zero attached hydrogens (tertiary/aromatic N) is 1. The largest absolute Gasteiger partial charge is 0.504 e. The number of anilines is 1. The van der Waals surface area contributed by atoms with Crippen LogP contribution in [0.4, 0.5) is 5.82 Å². The van der Waals surface area contributed by atoms with Crippen LogP contribution >= 0.6 is 11.8 Å². The van der Waals surface area contributed by atoms with Gasteiger partial charge in [-0.15, -0.1) is 11.8 Å². The van der Waals surface area contributed by atoms with E-state index in [2.05, 4.69) is 10.4 Å². The summed E-state index contributed by atoms with van der Waals surface area (Å²) in [6.45, 7) is 4.65. The van der Waals surface area contributed by atoms with E-state index in [4.69, 9.17) is 9.47 Å². The molecule has 4 rings (SSSR count). The van der Waals surface area contributed by atoms with Crippen LogP contribution in [0.1, 0.15) is 49.1 Å². The molecule has 156 valence electrons. The molecule has 3 heterocycles. The second-order valence-corrected chi connectivity index (χ2v) is 9.09. The number of aromatic nitrogens is 2. The number of ether oxygens (including phenoxy) is 2. The highest BCUT2D eigenvalue weighted by Crippen LogP contribution is 2.43. The zero-order chi connectivity index (χ0) is 20.8. The van der Waals surface area contributed by atoms with Crippen molar-refractivity contribution in [1.29, 1.82) is 0 Å². The van der Waals surface area contributed by atoms with Gasteiger partial charge in [-0.1, -0.05) is 6.07 Å². The highest BCUT2D eigenvalue weighted by atomic mass is 32.2. The van der Waals surface area contributed by atoms with E-state index in [0.717, 1.165) is 18.4 Å². The van der Waals surface area contributed by atoms with E-state index >= 15 is 0 Å². The maximum Gasteiger partial charge on any atom is 0.270 e.